The first-order chi connectivity index (χ1) is 7.02. The number of amides is 1. The molecule has 0 spiro atoms. The number of hydrogen-bond acceptors (Lipinski definition) is 6. The highest BCUT2D eigenvalue weighted by atomic mass is 35.5. The summed E-state index contributed by atoms with van der Waals surface area (Å²) in [6, 6.07) is -1.86. The maximum Gasteiger partial charge on any atom is 0.239 e. The van der Waals surface area contributed by atoms with Crippen LogP contribution in [0.5, 0.6) is 0 Å². The Hall–Kier alpha value is -0.440. The topological polar surface area (TPSA) is 122 Å². The molecule has 6 N–H and O–H groups in total. The molecule has 1 fully saturated rings. The number of rotatable bonds is 2. The number of nitrogens with one attached hydrogen (secondary N) is 2. The molecule has 1 heterocycles. The SMILES string of the molecule is CNC(=O)[C@H]1N[C@H](CO)[C@@H](O)[C@H](O)[C@@H]1O.Cl. The van der Waals surface area contributed by atoms with Crippen LogP contribution < -0.4 is 10.6 Å². The first-order valence-corrected chi connectivity index (χ1v) is 4.65. The van der Waals surface area contributed by atoms with Crippen LogP contribution in [0.4, 0.5) is 0 Å². The Morgan fingerprint density at radius 3 is 2.25 bits per heavy atom. The molecule has 1 amide bonds. The molecular formula is C8H17ClN2O5. The van der Waals surface area contributed by atoms with E-state index in [1.54, 1.807) is 0 Å². The van der Waals surface area contributed by atoms with Gasteiger partial charge in [0.05, 0.1) is 12.6 Å². The lowest BCUT2D eigenvalue weighted by molar-refractivity contribution is -0.144. The first-order valence-electron chi connectivity index (χ1n) is 4.65. The fourth-order valence-corrected chi connectivity index (χ4v) is 1.61. The number of likely N-dealkylation sites (N-methyl/N-ethyl adjacent to an activating group) is 1. The summed E-state index contributed by atoms with van der Waals surface area (Å²) < 4.78 is 0. The van der Waals surface area contributed by atoms with Gasteiger partial charge in [0, 0.05) is 7.05 Å². The summed E-state index contributed by atoms with van der Waals surface area (Å²) in [5.74, 6) is -0.508. The maximum absolute atomic E-state index is 11.3. The van der Waals surface area contributed by atoms with Gasteiger partial charge in [-0.1, -0.05) is 0 Å². The van der Waals surface area contributed by atoms with E-state index in [2.05, 4.69) is 10.6 Å². The number of piperidine rings is 1. The molecule has 5 atom stereocenters. The fraction of sp³-hybridized carbons (Fsp3) is 0.875. The predicted octanol–water partition coefficient (Wildman–Crippen LogP) is -3.43. The minimum Gasteiger partial charge on any atom is -0.395 e. The molecule has 0 aromatic carbocycles. The van der Waals surface area contributed by atoms with Crippen molar-refractivity contribution in [3.63, 3.8) is 0 Å². The quantitative estimate of drug-likeness (QED) is 0.306. The van der Waals surface area contributed by atoms with E-state index in [0.29, 0.717) is 0 Å². The molecule has 1 aliphatic rings. The number of halogens is 1. The van der Waals surface area contributed by atoms with Crippen molar-refractivity contribution in [2.75, 3.05) is 13.7 Å². The van der Waals surface area contributed by atoms with Gasteiger partial charge in [0.2, 0.25) is 5.91 Å². The monoisotopic (exact) mass is 256 g/mol. The van der Waals surface area contributed by atoms with Crippen molar-refractivity contribution in [2.24, 2.45) is 0 Å². The van der Waals surface area contributed by atoms with Crippen LogP contribution >= 0.6 is 12.4 Å². The number of aliphatic hydroxyl groups excluding tert-OH is 4. The molecule has 0 saturated carbocycles. The Morgan fingerprint density at radius 2 is 1.81 bits per heavy atom. The summed E-state index contributed by atoms with van der Waals surface area (Å²) in [7, 11) is 1.39. The molecule has 0 aromatic rings. The highest BCUT2D eigenvalue weighted by molar-refractivity contribution is 5.85. The standard InChI is InChI=1S/C8H16N2O5.ClH/c1-9-8(15)4-6(13)7(14)5(12)3(2-11)10-4;/h3-7,10-14H,2H2,1H3,(H,9,15);1H/t3-,4+,5-,6-,7+;/m1./s1. The van der Waals surface area contributed by atoms with Crippen molar-refractivity contribution in [2.45, 2.75) is 30.4 Å². The molecule has 96 valence electrons. The van der Waals surface area contributed by atoms with E-state index in [-0.39, 0.29) is 12.4 Å². The number of aliphatic hydroxyl groups is 4. The van der Waals surface area contributed by atoms with Gasteiger partial charge in [-0.2, -0.15) is 0 Å². The smallest absolute Gasteiger partial charge is 0.239 e. The van der Waals surface area contributed by atoms with Gasteiger partial charge in [0.1, 0.15) is 24.4 Å². The molecule has 1 saturated heterocycles. The van der Waals surface area contributed by atoms with E-state index in [1.807, 2.05) is 0 Å². The lowest BCUT2D eigenvalue weighted by Gasteiger charge is -2.39. The van der Waals surface area contributed by atoms with Crippen LogP contribution in [-0.2, 0) is 4.79 Å². The maximum atomic E-state index is 11.3. The van der Waals surface area contributed by atoms with E-state index in [1.165, 1.54) is 7.05 Å². The number of carbonyl (C=O) groups is 1. The summed E-state index contributed by atoms with van der Waals surface area (Å²) in [5, 5.41) is 42.1. The summed E-state index contributed by atoms with van der Waals surface area (Å²) in [4.78, 5) is 11.3. The second-order valence-corrected chi connectivity index (χ2v) is 3.52. The van der Waals surface area contributed by atoms with Crippen LogP contribution in [0.2, 0.25) is 0 Å². The second-order valence-electron chi connectivity index (χ2n) is 3.52. The van der Waals surface area contributed by atoms with Crippen LogP contribution in [0.1, 0.15) is 0 Å². The van der Waals surface area contributed by atoms with E-state index in [0.717, 1.165) is 0 Å². The van der Waals surface area contributed by atoms with Crippen LogP contribution in [-0.4, -0.2) is 70.4 Å². The summed E-state index contributed by atoms with van der Waals surface area (Å²) in [6.07, 6.45) is -4.15. The zero-order valence-corrected chi connectivity index (χ0v) is 9.52. The Kier molecular flexibility index (Phi) is 6.16. The highest BCUT2D eigenvalue weighted by Crippen LogP contribution is 2.15. The van der Waals surface area contributed by atoms with Crippen LogP contribution in [0.15, 0.2) is 0 Å². The Labute approximate surface area is 98.9 Å². The Bertz CT molecular complexity index is 240. The Morgan fingerprint density at radius 1 is 1.25 bits per heavy atom. The van der Waals surface area contributed by atoms with Gasteiger partial charge in [0.25, 0.3) is 0 Å². The van der Waals surface area contributed by atoms with Crippen LogP contribution in [0.25, 0.3) is 0 Å². The van der Waals surface area contributed by atoms with Crippen molar-refractivity contribution in [1.29, 1.82) is 0 Å². The molecule has 8 heteroatoms. The van der Waals surface area contributed by atoms with Crippen molar-refractivity contribution >= 4 is 18.3 Å². The molecule has 1 aliphatic heterocycles. The van der Waals surface area contributed by atoms with Crippen LogP contribution in [0, 0.1) is 0 Å². The normalized spacial score (nSPS) is 38.7. The summed E-state index contributed by atoms with van der Waals surface area (Å²) in [6.45, 7) is -0.432. The molecule has 0 aliphatic carbocycles. The highest BCUT2D eigenvalue weighted by Gasteiger charge is 2.44. The summed E-state index contributed by atoms with van der Waals surface area (Å²) in [5.41, 5.74) is 0. The minimum atomic E-state index is -1.45. The second kappa shape index (κ2) is 6.33. The third kappa shape index (κ3) is 2.82. The van der Waals surface area contributed by atoms with Crippen molar-refractivity contribution in [3.8, 4) is 0 Å². The fourth-order valence-electron chi connectivity index (χ4n) is 1.61. The largest absolute Gasteiger partial charge is 0.395 e. The van der Waals surface area contributed by atoms with Gasteiger partial charge in [0.15, 0.2) is 0 Å². The molecule has 1 rings (SSSR count). The minimum absolute atomic E-state index is 0. The van der Waals surface area contributed by atoms with E-state index in [4.69, 9.17) is 5.11 Å². The van der Waals surface area contributed by atoms with Gasteiger partial charge in [-0.25, -0.2) is 0 Å². The molecule has 7 nitrogen and oxygen atoms in total. The Balaban J connectivity index is 0.00000225. The molecule has 0 radical (unpaired) electrons. The van der Waals surface area contributed by atoms with Crippen molar-refractivity contribution in [1.82, 2.24) is 10.6 Å². The van der Waals surface area contributed by atoms with Gasteiger partial charge in [-0.15, -0.1) is 12.4 Å². The van der Waals surface area contributed by atoms with Crippen molar-refractivity contribution in [3.05, 3.63) is 0 Å². The van der Waals surface area contributed by atoms with Gasteiger partial charge >= 0.3 is 0 Å². The zero-order chi connectivity index (χ0) is 11.6. The molecular weight excluding hydrogens is 240 g/mol. The van der Waals surface area contributed by atoms with Gasteiger partial charge < -0.3 is 25.7 Å². The molecule has 0 aromatic heterocycles. The zero-order valence-electron chi connectivity index (χ0n) is 8.70. The van der Waals surface area contributed by atoms with E-state index < -0.39 is 42.9 Å². The van der Waals surface area contributed by atoms with E-state index >= 15 is 0 Å². The molecule has 0 unspecified atom stereocenters. The third-order valence-corrected chi connectivity index (χ3v) is 2.57. The van der Waals surface area contributed by atoms with Crippen LogP contribution in [0.3, 0.4) is 0 Å². The lowest BCUT2D eigenvalue weighted by Crippen LogP contribution is -2.69. The summed E-state index contributed by atoms with van der Waals surface area (Å²) >= 11 is 0. The van der Waals surface area contributed by atoms with Gasteiger partial charge in [-0.05, 0) is 0 Å². The molecule has 0 bridgehead atoms. The average Bonchev–Trinajstić information content (AvgIpc) is 2.25. The number of hydrogen-bond donors (Lipinski definition) is 6. The first kappa shape index (κ1) is 15.6. The molecule has 16 heavy (non-hydrogen) atoms. The average molecular weight is 257 g/mol. The van der Waals surface area contributed by atoms with Gasteiger partial charge in [-0.3, -0.25) is 10.1 Å². The van der Waals surface area contributed by atoms with E-state index in [9.17, 15) is 20.1 Å². The third-order valence-electron chi connectivity index (χ3n) is 2.57. The number of carbonyl (C=O) groups excluding carboxylic acids is 1. The lowest BCUT2D eigenvalue weighted by atomic mass is 9.90. The predicted molar refractivity (Wildman–Crippen MR) is 57.1 cm³/mol. The van der Waals surface area contributed by atoms with Crippen molar-refractivity contribution < 1.29 is 25.2 Å².